The second-order valence-corrected chi connectivity index (χ2v) is 4.84. The van der Waals surface area contributed by atoms with E-state index in [2.05, 4.69) is 21.0 Å². The first kappa shape index (κ1) is 12.9. The molecule has 0 aromatic carbocycles. The van der Waals surface area contributed by atoms with Crippen molar-refractivity contribution in [1.29, 1.82) is 0 Å². The molecule has 6 heteroatoms. The van der Waals surface area contributed by atoms with Gasteiger partial charge in [-0.3, -0.25) is 9.48 Å². The highest BCUT2D eigenvalue weighted by molar-refractivity contribution is 9.10. The number of furan rings is 1. The fourth-order valence-electron chi connectivity index (χ4n) is 1.69. The third-order valence-electron chi connectivity index (χ3n) is 2.68. The molecule has 0 bridgehead atoms. The Bertz CT molecular complexity index is 521. The molecule has 0 unspecified atom stereocenters. The molecule has 0 aliphatic carbocycles. The molecule has 0 radical (unpaired) electrons. The van der Waals surface area contributed by atoms with E-state index < -0.39 is 0 Å². The number of carbonyl (C=O) groups excluding carboxylic acids is 1. The summed E-state index contributed by atoms with van der Waals surface area (Å²) in [6.45, 7) is 2.26. The van der Waals surface area contributed by atoms with Crippen LogP contribution in [0.15, 0.2) is 39.7 Å². The summed E-state index contributed by atoms with van der Waals surface area (Å²) in [5.41, 5.74) is 0. The van der Waals surface area contributed by atoms with Gasteiger partial charge in [0.1, 0.15) is 11.8 Å². The molecular weight excluding hydrogens is 298 g/mol. The quantitative estimate of drug-likeness (QED) is 0.871. The van der Waals surface area contributed by atoms with Crippen LogP contribution in [0.3, 0.4) is 0 Å². The Labute approximate surface area is 114 Å². The maximum Gasteiger partial charge on any atom is 0.247 e. The van der Waals surface area contributed by atoms with Crippen molar-refractivity contribution < 1.29 is 9.21 Å². The summed E-state index contributed by atoms with van der Waals surface area (Å²) in [6, 6.07) is 5.13. The molecule has 2 rings (SSSR count). The lowest BCUT2D eigenvalue weighted by atomic mass is 10.3. The summed E-state index contributed by atoms with van der Waals surface area (Å²) in [4.78, 5) is 13.8. The number of rotatable bonds is 4. The average molecular weight is 312 g/mol. The Morgan fingerprint density at radius 2 is 2.39 bits per heavy atom. The van der Waals surface area contributed by atoms with Crippen LogP contribution in [0.2, 0.25) is 0 Å². The molecule has 2 aromatic heterocycles. The molecule has 2 aromatic rings. The van der Waals surface area contributed by atoms with E-state index >= 15 is 0 Å². The van der Waals surface area contributed by atoms with Crippen LogP contribution >= 0.6 is 15.9 Å². The standard InChI is InChI=1S/C12H14BrN3O2/c1-9(16-7-3-6-14-16)12(17)15(2)8-10-4-5-11(13)18-10/h3-7,9H,8H2,1-2H3/t9-/m1/s1. The van der Waals surface area contributed by atoms with E-state index in [0.29, 0.717) is 11.2 Å². The van der Waals surface area contributed by atoms with Gasteiger partial charge in [-0.1, -0.05) is 0 Å². The molecular formula is C12H14BrN3O2. The summed E-state index contributed by atoms with van der Waals surface area (Å²) in [5.74, 6) is 0.733. The van der Waals surface area contributed by atoms with Gasteiger partial charge in [0.25, 0.3) is 0 Å². The number of nitrogens with zero attached hydrogens (tertiary/aromatic N) is 3. The number of halogens is 1. The second kappa shape index (κ2) is 5.39. The van der Waals surface area contributed by atoms with E-state index in [1.807, 2.05) is 19.1 Å². The SMILES string of the molecule is C[C@H](C(=O)N(C)Cc1ccc(Br)o1)n1cccn1. The van der Waals surface area contributed by atoms with Gasteiger partial charge in [0.05, 0.1) is 6.54 Å². The zero-order valence-electron chi connectivity index (χ0n) is 10.2. The van der Waals surface area contributed by atoms with Crippen LogP contribution in [-0.4, -0.2) is 27.6 Å². The first-order valence-corrected chi connectivity index (χ1v) is 6.35. The van der Waals surface area contributed by atoms with Gasteiger partial charge in [0, 0.05) is 19.4 Å². The number of hydrogen-bond acceptors (Lipinski definition) is 3. The van der Waals surface area contributed by atoms with Gasteiger partial charge in [0.15, 0.2) is 4.67 Å². The Balaban J connectivity index is 2.00. The first-order chi connectivity index (χ1) is 8.58. The summed E-state index contributed by atoms with van der Waals surface area (Å²) >= 11 is 3.24. The van der Waals surface area contributed by atoms with E-state index in [1.165, 1.54) is 0 Å². The lowest BCUT2D eigenvalue weighted by molar-refractivity contribution is -0.134. The van der Waals surface area contributed by atoms with Crippen LogP contribution in [-0.2, 0) is 11.3 Å². The maximum absolute atomic E-state index is 12.2. The van der Waals surface area contributed by atoms with Crippen molar-refractivity contribution >= 4 is 21.8 Å². The fourth-order valence-corrected chi connectivity index (χ4v) is 2.03. The molecule has 2 heterocycles. The summed E-state index contributed by atoms with van der Waals surface area (Å²) < 4.78 is 7.68. The molecule has 5 nitrogen and oxygen atoms in total. The molecule has 18 heavy (non-hydrogen) atoms. The van der Waals surface area contributed by atoms with Crippen molar-refractivity contribution in [2.75, 3.05) is 7.05 Å². The van der Waals surface area contributed by atoms with Crippen molar-refractivity contribution in [2.45, 2.75) is 19.5 Å². The zero-order chi connectivity index (χ0) is 13.1. The van der Waals surface area contributed by atoms with Crippen molar-refractivity contribution in [3.8, 4) is 0 Å². The van der Waals surface area contributed by atoms with Crippen LogP contribution in [0.5, 0.6) is 0 Å². The summed E-state index contributed by atoms with van der Waals surface area (Å²) in [6.07, 6.45) is 3.44. The molecule has 1 amide bonds. The van der Waals surface area contributed by atoms with Crippen molar-refractivity contribution in [3.63, 3.8) is 0 Å². The minimum absolute atomic E-state index is 0.00813. The Kier molecular flexibility index (Phi) is 3.86. The van der Waals surface area contributed by atoms with Crippen LogP contribution in [0.25, 0.3) is 0 Å². The number of hydrogen-bond donors (Lipinski definition) is 0. The highest BCUT2D eigenvalue weighted by Gasteiger charge is 2.20. The molecule has 0 aliphatic heterocycles. The highest BCUT2D eigenvalue weighted by Crippen LogP contribution is 2.16. The Morgan fingerprint density at radius 3 is 2.94 bits per heavy atom. The van der Waals surface area contributed by atoms with Crippen molar-refractivity contribution in [1.82, 2.24) is 14.7 Å². The molecule has 96 valence electrons. The lowest BCUT2D eigenvalue weighted by Gasteiger charge is -2.20. The van der Waals surface area contributed by atoms with E-state index in [-0.39, 0.29) is 11.9 Å². The third kappa shape index (κ3) is 2.81. The van der Waals surface area contributed by atoms with Gasteiger partial charge in [-0.15, -0.1) is 0 Å². The summed E-state index contributed by atoms with van der Waals surface area (Å²) in [5, 5.41) is 4.07. The van der Waals surface area contributed by atoms with Gasteiger partial charge in [0.2, 0.25) is 5.91 Å². The third-order valence-corrected chi connectivity index (χ3v) is 3.10. The van der Waals surface area contributed by atoms with Crippen LogP contribution in [0.1, 0.15) is 18.7 Å². The van der Waals surface area contributed by atoms with Crippen LogP contribution in [0, 0.1) is 0 Å². The fraction of sp³-hybridized carbons (Fsp3) is 0.333. The van der Waals surface area contributed by atoms with Gasteiger partial charge in [-0.25, -0.2) is 0 Å². The average Bonchev–Trinajstić information content (AvgIpc) is 2.98. The lowest BCUT2D eigenvalue weighted by Crippen LogP contribution is -2.32. The molecule has 0 aliphatic rings. The minimum atomic E-state index is -0.316. The number of likely N-dealkylation sites (N-methyl/N-ethyl adjacent to an activating group) is 1. The monoisotopic (exact) mass is 311 g/mol. The summed E-state index contributed by atoms with van der Waals surface area (Å²) in [7, 11) is 1.75. The maximum atomic E-state index is 12.2. The molecule has 0 fully saturated rings. The Hall–Kier alpha value is -1.56. The normalized spacial score (nSPS) is 12.4. The topological polar surface area (TPSA) is 51.3 Å². The second-order valence-electron chi connectivity index (χ2n) is 4.06. The molecule has 0 saturated carbocycles. The number of carbonyl (C=O) groups is 1. The predicted octanol–water partition coefficient (Wildman–Crippen LogP) is 2.46. The van der Waals surface area contributed by atoms with E-state index in [4.69, 9.17) is 4.42 Å². The first-order valence-electron chi connectivity index (χ1n) is 5.56. The Morgan fingerprint density at radius 1 is 1.61 bits per heavy atom. The van der Waals surface area contributed by atoms with Crippen molar-refractivity contribution in [3.05, 3.63) is 41.0 Å². The number of amides is 1. The van der Waals surface area contributed by atoms with E-state index in [9.17, 15) is 4.79 Å². The predicted molar refractivity (Wildman–Crippen MR) is 69.8 cm³/mol. The smallest absolute Gasteiger partial charge is 0.247 e. The molecule has 1 atom stereocenters. The van der Waals surface area contributed by atoms with Crippen molar-refractivity contribution in [2.24, 2.45) is 0 Å². The van der Waals surface area contributed by atoms with Gasteiger partial charge < -0.3 is 9.32 Å². The largest absolute Gasteiger partial charge is 0.452 e. The molecule has 0 saturated heterocycles. The minimum Gasteiger partial charge on any atom is -0.452 e. The van der Waals surface area contributed by atoms with Gasteiger partial charge in [-0.05, 0) is 41.1 Å². The van der Waals surface area contributed by atoms with Crippen LogP contribution < -0.4 is 0 Å². The molecule has 0 N–H and O–H groups in total. The number of aromatic nitrogens is 2. The molecule has 0 spiro atoms. The van der Waals surface area contributed by atoms with Crippen LogP contribution in [0.4, 0.5) is 0 Å². The van der Waals surface area contributed by atoms with E-state index in [1.54, 1.807) is 35.1 Å². The van der Waals surface area contributed by atoms with Gasteiger partial charge >= 0.3 is 0 Å². The highest BCUT2D eigenvalue weighted by atomic mass is 79.9. The van der Waals surface area contributed by atoms with E-state index in [0.717, 1.165) is 5.76 Å². The zero-order valence-corrected chi connectivity index (χ0v) is 11.8. The van der Waals surface area contributed by atoms with Gasteiger partial charge in [-0.2, -0.15) is 5.10 Å².